The van der Waals surface area contributed by atoms with Crippen LogP contribution < -0.4 is 10.6 Å². The quantitative estimate of drug-likeness (QED) is 0.0386. The highest BCUT2D eigenvalue weighted by molar-refractivity contribution is 5.80. The molecule has 0 radical (unpaired) electrons. The van der Waals surface area contributed by atoms with Crippen LogP contribution in [0.25, 0.3) is 0 Å². The van der Waals surface area contributed by atoms with Crippen molar-refractivity contribution in [2.45, 2.75) is 400 Å². The summed E-state index contributed by atoms with van der Waals surface area (Å²) in [6.45, 7) is 3.80. The first-order valence-corrected chi connectivity index (χ1v) is 36.8. The van der Waals surface area contributed by atoms with Gasteiger partial charge in [-0.1, -0.05) is 226 Å². The van der Waals surface area contributed by atoms with Gasteiger partial charge in [0.2, 0.25) is 11.8 Å². The maximum absolute atomic E-state index is 13.7. The van der Waals surface area contributed by atoms with Crippen molar-refractivity contribution in [3.8, 4) is 0 Å². The van der Waals surface area contributed by atoms with Gasteiger partial charge in [-0.05, 0) is 19.8 Å². The lowest BCUT2D eigenvalue weighted by Gasteiger charge is -2.48. The van der Waals surface area contributed by atoms with E-state index in [2.05, 4.69) is 24.5 Å². The summed E-state index contributed by atoms with van der Waals surface area (Å²) < 4.78 is 47.2. The first-order valence-electron chi connectivity index (χ1n) is 36.8. The number of amides is 2. The number of aliphatic hydroxyl groups is 14. The molecule has 0 bridgehead atoms. The number of carbonyl (C=O) groups is 2. The SMILES string of the molecule is CCCCCCCCCCCCCCCCCCCCC[C@@H](O)C(=O)N[C@@H](CO[C@H]1O[C@H](CO)[C@H](O)[C@H](O)[C@H]1O[C@H]1O[C@H](CO[C@@H]2O[C@H](CO)[C@H](O)[C@H](O[C@@H]3O[C@@H](C)[C@H](O)[C@@H](O)[C@H]3O)[C@H]2NC(C)=O)[C@H](O)[C@H](O)[C@H]1O)[C@H](O)[C@H](O)CCCCCCCCCCCCCCCC. The van der Waals surface area contributed by atoms with Crippen LogP contribution in [0.4, 0.5) is 0 Å². The van der Waals surface area contributed by atoms with Gasteiger partial charge >= 0.3 is 0 Å². The Labute approximate surface area is 565 Å². The van der Waals surface area contributed by atoms with Gasteiger partial charge in [0.15, 0.2) is 25.2 Å². The molecule has 0 spiro atoms. The molecule has 95 heavy (non-hydrogen) atoms. The van der Waals surface area contributed by atoms with Gasteiger partial charge in [-0.2, -0.15) is 0 Å². The van der Waals surface area contributed by atoms with E-state index in [0.717, 1.165) is 64.7 Å². The van der Waals surface area contributed by atoms with Crippen molar-refractivity contribution in [1.29, 1.82) is 0 Å². The molecule has 4 heterocycles. The third-order valence-electron chi connectivity index (χ3n) is 19.3. The van der Waals surface area contributed by atoms with Gasteiger partial charge in [0, 0.05) is 6.92 Å². The molecule has 0 saturated carbocycles. The Hall–Kier alpha value is -1.94. The fourth-order valence-electron chi connectivity index (χ4n) is 13.1. The Morgan fingerprint density at radius 2 is 0.811 bits per heavy atom. The summed E-state index contributed by atoms with van der Waals surface area (Å²) in [5, 5.41) is 159. The molecule has 4 saturated heterocycles. The Kier molecular flexibility index (Phi) is 43.9. The molecule has 4 aliphatic heterocycles. The second-order valence-corrected chi connectivity index (χ2v) is 27.4. The van der Waals surface area contributed by atoms with Crippen LogP contribution in [0.5, 0.6) is 0 Å². The fourth-order valence-corrected chi connectivity index (χ4v) is 13.1. The Balaban J connectivity index is 1.39. The summed E-state index contributed by atoms with van der Waals surface area (Å²) in [5.41, 5.74) is 0. The number of nitrogens with one attached hydrogen (secondary N) is 2. The first-order chi connectivity index (χ1) is 45.7. The zero-order chi connectivity index (χ0) is 69.7. The average Bonchev–Trinajstić information content (AvgIpc) is 0.792. The molecular weight excluding hydrogens is 1240 g/mol. The second kappa shape index (κ2) is 48.8. The number of rotatable bonds is 52. The van der Waals surface area contributed by atoms with E-state index in [1.165, 1.54) is 148 Å². The van der Waals surface area contributed by atoms with Crippen molar-refractivity contribution in [3.05, 3.63) is 0 Å². The van der Waals surface area contributed by atoms with Crippen LogP contribution in [0.1, 0.15) is 252 Å². The van der Waals surface area contributed by atoms with Crippen molar-refractivity contribution in [3.63, 3.8) is 0 Å². The molecule has 0 aromatic rings. The highest BCUT2D eigenvalue weighted by Gasteiger charge is 2.54. The summed E-state index contributed by atoms with van der Waals surface area (Å²) >= 11 is 0. The van der Waals surface area contributed by atoms with E-state index in [9.17, 15) is 81.1 Å². The van der Waals surface area contributed by atoms with Crippen LogP contribution in [0.2, 0.25) is 0 Å². The lowest BCUT2D eigenvalue weighted by Crippen LogP contribution is -2.68. The topological polar surface area (TPSA) is 415 Å². The molecule has 0 aliphatic carbocycles. The monoisotopic (exact) mass is 1370 g/mol. The number of hydrogen-bond donors (Lipinski definition) is 16. The normalized spacial score (nSPS) is 32.6. The van der Waals surface area contributed by atoms with Gasteiger partial charge < -0.3 is 120 Å². The number of aliphatic hydroxyl groups excluding tert-OH is 14. The zero-order valence-electron chi connectivity index (χ0n) is 57.8. The smallest absolute Gasteiger partial charge is 0.249 e. The summed E-state index contributed by atoms with van der Waals surface area (Å²) in [5.74, 6) is -1.55. The lowest BCUT2D eigenvalue weighted by molar-refractivity contribution is -0.373. The van der Waals surface area contributed by atoms with E-state index in [1.807, 2.05) is 0 Å². The molecule has 4 rings (SSSR count). The zero-order valence-corrected chi connectivity index (χ0v) is 57.8. The van der Waals surface area contributed by atoms with E-state index in [4.69, 9.17) is 37.9 Å². The molecule has 16 N–H and O–H groups in total. The van der Waals surface area contributed by atoms with Crippen molar-refractivity contribution in [2.24, 2.45) is 0 Å². The molecule has 4 aliphatic rings. The molecule has 0 aromatic carbocycles. The van der Waals surface area contributed by atoms with Crippen LogP contribution in [0, 0.1) is 0 Å². The maximum atomic E-state index is 13.7. The van der Waals surface area contributed by atoms with E-state index >= 15 is 0 Å². The molecule has 26 heteroatoms. The van der Waals surface area contributed by atoms with Crippen molar-refractivity contribution in [1.82, 2.24) is 10.6 Å². The molecule has 4 fully saturated rings. The summed E-state index contributed by atoms with van der Waals surface area (Å²) in [6, 6.07) is -2.93. The average molecular weight is 1370 g/mol. The summed E-state index contributed by atoms with van der Waals surface area (Å²) in [4.78, 5) is 26.3. The third-order valence-corrected chi connectivity index (χ3v) is 19.3. The van der Waals surface area contributed by atoms with Gasteiger partial charge in [-0.15, -0.1) is 0 Å². The number of unbranched alkanes of at least 4 members (excludes halogenated alkanes) is 31. The standard InChI is InChI=1S/C69H130N2O24/c1-5-7-9-11-13-15-17-19-21-22-23-24-25-27-29-31-33-35-37-39-48(76)65(87)71-46(54(78)47(75)38-36-34-32-30-28-26-20-18-16-14-12-10-8-6-2)42-88-69-64(60(84)55(79)49(40-72)92-69)95-68-62(86)59(83)56(80)51(93-68)43-89-66-52(70-45(4)74)63(57(81)50(41-73)91-66)94-67-61(85)58(82)53(77)44(3)90-67/h44,46-64,66-69,72-73,75-86H,5-43H2,1-4H3,(H,70,74)(H,71,87)/t44-,46-,47+,48+,49+,50+,51+,52+,53-,54-,55-,56-,57-,58+,59-,60-,61+,62+,63+,64+,66+,67-,68+,69-/m0/s1. The predicted molar refractivity (Wildman–Crippen MR) is 351 cm³/mol. The van der Waals surface area contributed by atoms with Gasteiger partial charge in [0.05, 0.1) is 44.7 Å². The molecule has 24 atom stereocenters. The minimum Gasteiger partial charge on any atom is -0.394 e. The molecule has 0 unspecified atom stereocenters. The maximum Gasteiger partial charge on any atom is 0.249 e. The highest BCUT2D eigenvalue weighted by Crippen LogP contribution is 2.34. The number of ether oxygens (including phenoxy) is 8. The minimum absolute atomic E-state index is 0.124. The van der Waals surface area contributed by atoms with E-state index in [-0.39, 0.29) is 12.8 Å². The first kappa shape index (κ1) is 85.5. The van der Waals surface area contributed by atoms with E-state index in [0.29, 0.717) is 12.8 Å². The van der Waals surface area contributed by atoms with Gasteiger partial charge in [-0.3, -0.25) is 9.59 Å². The largest absolute Gasteiger partial charge is 0.394 e. The van der Waals surface area contributed by atoms with Crippen molar-refractivity contribution < 1.29 is 119 Å². The molecular formula is C69H130N2O24. The van der Waals surface area contributed by atoms with Crippen LogP contribution >= 0.6 is 0 Å². The predicted octanol–water partition coefficient (Wildman–Crippen LogP) is 3.71. The Bertz CT molecular complexity index is 1960. The number of hydrogen-bond acceptors (Lipinski definition) is 24. The van der Waals surface area contributed by atoms with Crippen molar-refractivity contribution in [2.75, 3.05) is 26.4 Å². The molecule has 0 aromatic heterocycles. The third kappa shape index (κ3) is 30.3. The van der Waals surface area contributed by atoms with Crippen LogP contribution in [0.15, 0.2) is 0 Å². The van der Waals surface area contributed by atoms with Crippen LogP contribution in [0.3, 0.4) is 0 Å². The van der Waals surface area contributed by atoms with Crippen LogP contribution in [-0.4, -0.2) is 257 Å². The lowest BCUT2D eigenvalue weighted by atomic mass is 9.95. The molecule has 26 nitrogen and oxygen atoms in total. The van der Waals surface area contributed by atoms with Crippen molar-refractivity contribution >= 4 is 11.8 Å². The van der Waals surface area contributed by atoms with Gasteiger partial charge in [0.1, 0.15) is 104 Å². The Morgan fingerprint density at radius 1 is 0.421 bits per heavy atom. The minimum atomic E-state index is -2.10. The molecule has 560 valence electrons. The highest BCUT2D eigenvalue weighted by atomic mass is 16.8. The Morgan fingerprint density at radius 3 is 1.27 bits per heavy atom. The van der Waals surface area contributed by atoms with Crippen LogP contribution in [-0.2, 0) is 47.5 Å². The fraction of sp³-hybridized carbons (Fsp3) is 0.971. The number of carbonyl (C=O) groups excluding carboxylic acids is 2. The van der Waals surface area contributed by atoms with E-state index in [1.54, 1.807) is 0 Å². The second-order valence-electron chi connectivity index (χ2n) is 27.4. The summed E-state index contributed by atoms with van der Waals surface area (Å²) in [6.07, 6.45) is 0.805. The summed E-state index contributed by atoms with van der Waals surface area (Å²) in [7, 11) is 0. The van der Waals surface area contributed by atoms with E-state index < -0.39 is 185 Å². The van der Waals surface area contributed by atoms with Gasteiger partial charge in [-0.25, -0.2) is 0 Å². The van der Waals surface area contributed by atoms with Gasteiger partial charge in [0.25, 0.3) is 0 Å². The molecule has 2 amide bonds.